The monoisotopic (exact) mass is 288 g/mol. The molecule has 0 saturated heterocycles. The molecule has 0 amide bonds. The Morgan fingerprint density at radius 3 is 2.25 bits per heavy atom. The van der Waals surface area contributed by atoms with Crippen molar-refractivity contribution in [1.82, 2.24) is 0 Å². The molecule has 0 bridgehead atoms. The maximum atomic E-state index is 12.1. The molecule has 102 valence electrons. The van der Waals surface area contributed by atoms with Crippen LogP contribution < -0.4 is 16.0 Å². The first-order chi connectivity index (χ1) is 9.58. The molecule has 0 saturated carbocycles. The highest BCUT2D eigenvalue weighted by Crippen LogP contribution is 2.38. The number of nitrogen functional groups attached to an aromatic ring is 1. The van der Waals surface area contributed by atoms with Gasteiger partial charge in [-0.3, -0.25) is 15.7 Å². The Morgan fingerprint density at radius 1 is 1.10 bits per heavy atom. The van der Waals surface area contributed by atoms with Crippen LogP contribution in [-0.4, -0.2) is 5.84 Å². The highest BCUT2D eigenvalue weighted by atomic mass is 31.1. The van der Waals surface area contributed by atoms with E-state index in [1.165, 1.54) is 0 Å². The molecular formula is C14H15N3O2P+. The van der Waals surface area contributed by atoms with Gasteiger partial charge >= 0.3 is 8.03 Å². The van der Waals surface area contributed by atoms with Crippen LogP contribution in [0.5, 0.6) is 5.75 Å². The normalized spacial score (nSPS) is 12.6. The third-order valence-electron chi connectivity index (χ3n) is 2.73. The van der Waals surface area contributed by atoms with E-state index in [-0.39, 0.29) is 5.84 Å². The lowest BCUT2D eigenvalue weighted by atomic mass is 10.1. The predicted octanol–water partition coefficient (Wildman–Crippen LogP) is 2.75. The summed E-state index contributed by atoms with van der Waals surface area (Å²) in [6, 6.07) is 15.6. The number of hydrogen-bond donors (Lipinski definition) is 3. The van der Waals surface area contributed by atoms with E-state index < -0.39 is 13.8 Å². The van der Waals surface area contributed by atoms with Gasteiger partial charge in [0.05, 0.1) is 0 Å². The van der Waals surface area contributed by atoms with Gasteiger partial charge in [0.1, 0.15) is 5.84 Å². The Balaban J connectivity index is 2.08. The molecule has 0 radical (unpaired) electrons. The topological polar surface area (TPSA) is 102 Å². The zero-order valence-corrected chi connectivity index (χ0v) is 11.6. The third kappa shape index (κ3) is 3.41. The summed E-state index contributed by atoms with van der Waals surface area (Å²) in [6.45, 7) is 0. The molecule has 0 aliphatic heterocycles. The molecule has 2 unspecified atom stereocenters. The summed E-state index contributed by atoms with van der Waals surface area (Å²) >= 11 is 0. The Bertz CT molecular complexity index is 614. The summed E-state index contributed by atoms with van der Waals surface area (Å²) in [5.74, 6) is -0.231. The summed E-state index contributed by atoms with van der Waals surface area (Å²) in [7, 11) is -2.08. The first-order valence-corrected chi connectivity index (χ1v) is 7.22. The lowest BCUT2D eigenvalue weighted by Crippen LogP contribution is -2.12. The summed E-state index contributed by atoms with van der Waals surface area (Å²) in [5.41, 5.74) is 12.6. The summed E-state index contributed by atoms with van der Waals surface area (Å²) < 4.78 is 17.4. The number of nitrogens with two attached hydrogens (primary N) is 2. The molecule has 2 aromatic rings. The van der Waals surface area contributed by atoms with Crippen LogP contribution in [0.25, 0.3) is 0 Å². The zero-order chi connectivity index (χ0) is 14.5. The van der Waals surface area contributed by atoms with E-state index in [1.807, 2.05) is 6.07 Å². The van der Waals surface area contributed by atoms with E-state index in [0.717, 1.165) is 0 Å². The minimum absolute atomic E-state index is 0.0185. The highest BCUT2D eigenvalue weighted by molar-refractivity contribution is 7.40. The van der Waals surface area contributed by atoms with E-state index >= 15 is 0 Å². The molecule has 0 aromatic heterocycles. The molecule has 0 aliphatic carbocycles. The van der Waals surface area contributed by atoms with E-state index in [4.69, 9.17) is 21.4 Å². The van der Waals surface area contributed by atoms with Crippen molar-refractivity contribution in [3.8, 4) is 5.75 Å². The van der Waals surface area contributed by atoms with Gasteiger partial charge in [0, 0.05) is 11.1 Å². The van der Waals surface area contributed by atoms with Gasteiger partial charge in [-0.05, 0) is 16.7 Å². The molecule has 0 heterocycles. The Labute approximate surface area is 117 Å². The number of amidine groups is 1. The highest BCUT2D eigenvalue weighted by Gasteiger charge is 2.31. The van der Waals surface area contributed by atoms with Crippen molar-refractivity contribution in [2.75, 3.05) is 0 Å². The molecule has 2 atom stereocenters. The largest absolute Gasteiger partial charge is 0.580 e. The average Bonchev–Trinajstić information content (AvgIpc) is 2.47. The SMILES string of the molecule is N=C(N)c1ccc(C(N)[P+](=O)Oc2ccccc2)cc1. The molecular weight excluding hydrogens is 273 g/mol. The van der Waals surface area contributed by atoms with Gasteiger partial charge in [0.15, 0.2) is 5.75 Å². The fraction of sp³-hybridized carbons (Fsp3) is 0.0714. The first kappa shape index (κ1) is 14.2. The van der Waals surface area contributed by atoms with Gasteiger partial charge in [-0.2, -0.15) is 0 Å². The Kier molecular flexibility index (Phi) is 4.45. The van der Waals surface area contributed by atoms with E-state index in [0.29, 0.717) is 16.9 Å². The van der Waals surface area contributed by atoms with Gasteiger partial charge < -0.3 is 5.73 Å². The Morgan fingerprint density at radius 2 is 1.70 bits per heavy atom. The van der Waals surface area contributed by atoms with Crippen LogP contribution in [0.15, 0.2) is 54.6 Å². The minimum atomic E-state index is -2.08. The predicted molar refractivity (Wildman–Crippen MR) is 79.1 cm³/mol. The van der Waals surface area contributed by atoms with Crippen LogP contribution in [0.3, 0.4) is 0 Å². The molecule has 5 N–H and O–H groups in total. The number of benzene rings is 2. The molecule has 6 heteroatoms. The molecule has 2 aromatic carbocycles. The number of hydrogen-bond acceptors (Lipinski definition) is 4. The van der Waals surface area contributed by atoms with Crippen LogP contribution in [-0.2, 0) is 4.57 Å². The van der Waals surface area contributed by atoms with Crippen molar-refractivity contribution in [3.05, 3.63) is 65.7 Å². The second-order valence-corrected chi connectivity index (χ2v) is 5.48. The van der Waals surface area contributed by atoms with Gasteiger partial charge in [-0.1, -0.05) is 42.5 Å². The van der Waals surface area contributed by atoms with E-state index in [9.17, 15) is 4.57 Å². The van der Waals surface area contributed by atoms with Gasteiger partial charge in [-0.15, -0.1) is 0 Å². The van der Waals surface area contributed by atoms with Crippen LogP contribution in [0.4, 0.5) is 0 Å². The van der Waals surface area contributed by atoms with Crippen molar-refractivity contribution in [3.63, 3.8) is 0 Å². The van der Waals surface area contributed by atoms with Crippen molar-refractivity contribution in [2.24, 2.45) is 11.5 Å². The lowest BCUT2D eigenvalue weighted by molar-refractivity contribution is 0.494. The van der Waals surface area contributed by atoms with Crippen molar-refractivity contribution >= 4 is 13.9 Å². The summed E-state index contributed by atoms with van der Waals surface area (Å²) in [6.07, 6.45) is 0. The Hall–Kier alpha value is -2.23. The molecule has 5 nitrogen and oxygen atoms in total. The summed E-state index contributed by atoms with van der Waals surface area (Å²) in [4.78, 5) is 0. The van der Waals surface area contributed by atoms with Crippen molar-refractivity contribution in [1.29, 1.82) is 5.41 Å². The van der Waals surface area contributed by atoms with Gasteiger partial charge in [0.25, 0.3) is 5.78 Å². The van der Waals surface area contributed by atoms with E-state index in [1.54, 1.807) is 48.5 Å². The maximum absolute atomic E-state index is 12.1. The smallest absolute Gasteiger partial charge is 0.384 e. The first-order valence-electron chi connectivity index (χ1n) is 5.97. The molecule has 2 rings (SSSR count). The third-order valence-corrected chi connectivity index (χ3v) is 3.87. The average molecular weight is 288 g/mol. The molecule has 20 heavy (non-hydrogen) atoms. The van der Waals surface area contributed by atoms with Crippen LogP contribution >= 0.6 is 8.03 Å². The van der Waals surface area contributed by atoms with Crippen LogP contribution in [0, 0.1) is 5.41 Å². The van der Waals surface area contributed by atoms with Gasteiger partial charge in [0.2, 0.25) is 0 Å². The number of para-hydroxylation sites is 1. The van der Waals surface area contributed by atoms with Crippen LogP contribution in [0.1, 0.15) is 16.9 Å². The summed E-state index contributed by atoms with van der Waals surface area (Å²) in [5, 5.41) is 7.31. The fourth-order valence-electron chi connectivity index (χ4n) is 1.62. The zero-order valence-electron chi connectivity index (χ0n) is 10.7. The standard InChI is InChI=1S/C14H15N3O2P/c15-13(16)10-6-8-11(9-7-10)14(17)20(18)19-12-4-2-1-3-5-12/h1-9,14H,17H2,(H3,15,16)/q+1. The molecule has 0 aliphatic rings. The van der Waals surface area contributed by atoms with Crippen LogP contribution in [0.2, 0.25) is 0 Å². The van der Waals surface area contributed by atoms with Gasteiger partial charge in [-0.25, -0.2) is 0 Å². The lowest BCUT2D eigenvalue weighted by Gasteiger charge is -2.03. The molecule has 0 fully saturated rings. The molecule has 0 spiro atoms. The quantitative estimate of drug-likeness (QED) is 0.447. The van der Waals surface area contributed by atoms with Crippen molar-refractivity contribution < 1.29 is 9.09 Å². The number of rotatable bonds is 5. The number of nitrogens with one attached hydrogen (secondary N) is 1. The minimum Gasteiger partial charge on any atom is -0.384 e. The fourth-order valence-corrected chi connectivity index (χ4v) is 2.48. The maximum Gasteiger partial charge on any atom is 0.580 e. The second-order valence-electron chi connectivity index (χ2n) is 4.17. The van der Waals surface area contributed by atoms with E-state index in [2.05, 4.69) is 0 Å². The second kappa shape index (κ2) is 6.28. The van der Waals surface area contributed by atoms with Crippen molar-refractivity contribution in [2.45, 2.75) is 5.78 Å².